The van der Waals surface area contributed by atoms with Crippen molar-refractivity contribution in [1.82, 2.24) is 10.8 Å². The monoisotopic (exact) mass is 230 g/mol. The minimum absolute atomic E-state index is 0.0775. The normalized spacial score (nSPS) is 26.2. The van der Waals surface area contributed by atoms with E-state index in [1.165, 1.54) is 0 Å². The summed E-state index contributed by atoms with van der Waals surface area (Å²) in [4.78, 5) is 11.5. The zero-order valence-corrected chi connectivity index (χ0v) is 10.2. The first-order valence-electron chi connectivity index (χ1n) is 5.80. The summed E-state index contributed by atoms with van der Waals surface area (Å²) in [6.45, 7) is 5.52. The SMILES string of the molecule is CC(C)(C)OC(=O)NC1CCCC(NO)C1. The highest BCUT2D eigenvalue weighted by atomic mass is 16.6. The predicted octanol–water partition coefficient (Wildman–Crippen LogP) is 1.80. The molecule has 0 aromatic carbocycles. The molecule has 0 heterocycles. The molecule has 5 heteroatoms. The molecule has 5 nitrogen and oxygen atoms in total. The first kappa shape index (κ1) is 13.3. The van der Waals surface area contributed by atoms with Crippen LogP contribution in [0.3, 0.4) is 0 Å². The summed E-state index contributed by atoms with van der Waals surface area (Å²) in [7, 11) is 0. The summed E-state index contributed by atoms with van der Waals surface area (Å²) in [5, 5.41) is 11.7. The van der Waals surface area contributed by atoms with Gasteiger partial charge in [0.15, 0.2) is 0 Å². The fraction of sp³-hybridized carbons (Fsp3) is 0.909. The van der Waals surface area contributed by atoms with Crippen molar-refractivity contribution in [3.05, 3.63) is 0 Å². The molecule has 94 valence electrons. The zero-order valence-electron chi connectivity index (χ0n) is 10.2. The van der Waals surface area contributed by atoms with Crippen LogP contribution in [0.4, 0.5) is 4.79 Å². The molecule has 1 saturated carbocycles. The smallest absolute Gasteiger partial charge is 0.407 e. The van der Waals surface area contributed by atoms with Crippen molar-refractivity contribution in [3.63, 3.8) is 0 Å². The van der Waals surface area contributed by atoms with E-state index in [2.05, 4.69) is 10.8 Å². The van der Waals surface area contributed by atoms with Gasteiger partial charge in [0.05, 0.1) is 0 Å². The number of carbonyl (C=O) groups excluding carboxylic acids is 1. The highest BCUT2D eigenvalue weighted by Gasteiger charge is 2.24. The van der Waals surface area contributed by atoms with E-state index in [4.69, 9.17) is 9.94 Å². The molecule has 1 rings (SSSR count). The van der Waals surface area contributed by atoms with Gasteiger partial charge in [-0.3, -0.25) is 0 Å². The Labute approximate surface area is 96.5 Å². The lowest BCUT2D eigenvalue weighted by Gasteiger charge is -2.29. The molecule has 1 aliphatic rings. The van der Waals surface area contributed by atoms with Gasteiger partial charge in [-0.25, -0.2) is 10.3 Å². The Morgan fingerprint density at radius 1 is 1.31 bits per heavy atom. The molecule has 1 amide bonds. The number of rotatable bonds is 2. The van der Waals surface area contributed by atoms with Crippen LogP contribution in [-0.4, -0.2) is 29.0 Å². The van der Waals surface area contributed by atoms with Gasteiger partial charge in [-0.15, -0.1) is 0 Å². The Morgan fingerprint density at radius 2 is 1.94 bits per heavy atom. The number of hydroxylamine groups is 1. The second-order valence-electron chi connectivity index (χ2n) is 5.34. The number of carbonyl (C=O) groups is 1. The van der Waals surface area contributed by atoms with Crippen molar-refractivity contribution in [2.24, 2.45) is 0 Å². The largest absolute Gasteiger partial charge is 0.444 e. The molecule has 0 aliphatic heterocycles. The van der Waals surface area contributed by atoms with Gasteiger partial charge in [0.1, 0.15) is 5.60 Å². The van der Waals surface area contributed by atoms with E-state index in [0.29, 0.717) is 0 Å². The van der Waals surface area contributed by atoms with Gasteiger partial charge in [-0.05, 0) is 46.5 Å². The Morgan fingerprint density at radius 3 is 2.50 bits per heavy atom. The lowest BCUT2D eigenvalue weighted by Crippen LogP contribution is -2.45. The van der Waals surface area contributed by atoms with Crippen LogP contribution in [0.1, 0.15) is 46.5 Å². The molecule has 1 aliphatic carbocycles. The van der Waals surface area contributed by atoms with Crippen LogP contribution in [0.2, 0.25) is 0 Å². The topological polar surface area (TPSA) is 70.6 Å². The number of nitrogens with one attached hydrogen (secondary N) is 2. The molecule has 0 spiro atoms. The van der Waals surface area contributed by atoms with Crippen LogP contribution in [0, 0.1) is 0 Å². The molecule has 0 bridgehead atoms. The minimum atomic E-state index is -0.465. The van der Waals surface area contributed by atoms with Gasteiger partial charge < -0.3 is 15.3 Å². The molecular formula is C11H22N2O3. The van der Waals surface area contributed by atoms with Crippen molar-refractivity contribution in [1.29, 1.82) is 0 Å². The first-order valence-corrected chi connectivity index (χ1v) is 5.80. The molecular weight excluding hydrogens is 208 g/mol. The van der Waals surface area contributed by atoms with Crippen LogP contribution >= 0.6 is 0 Å². The van der Waals surface area contributed by atoms with Gasteiger partial charge in [0, 0.05) is 12.1 Å². The standard InChI is InChI=1S/C11H22N2O3/c1-11(2,3)16-10(14)12-8-5-4-6-9(7-8)13-15/h8-9,13,15H,4-7H2,1-3H3,(H,12,14). The second kappa shape index (κ2) is 5.50. The molecule has 0 aromatic rings. The van der Waals surface area contributed by atoms with E-state index >= 15 is 0 Å². The molecule has 0 saturated heterocycles. The number of hydrogen-bond donors (Lipinski definition) is 3. The Kier molecular flexibility index (Phi) is 4.56. The maximum atomic E-state index is 11.5. The van der Waals surface area contributed by atoms with E-state index < -0.39 is 5.60 Å². The fourth-order valence-corrected chi connectivity index (χ4v) is 1.91. The fourth-order valence-electron chi connectivity index (χ4n) is 1.91. The average molecular weight is 230 g/mol. The maximum absolute atomic E-state index is 11.5. The van der Waals surface area contributed by atoms with Crippen molar-refractivity contribution in [2.75, 3.05) is 0 Å². The van der Waals surface area contributed by atoms with Crippen molar-refractivity contribution in [3.8, 4) is 0 Å². The molecule has 1 fully saturated rings. The Bertz CT molecular complexity index is 238. The number of hydrogen-bond acceptors (Lipinski definition) is 4. The van der Waals surface area contributed by atoms with Crippen LogP contribution in [-0.2, 0) is 4.74 Å². The van der Waals surface area contributed by atoms with Crippen molar-refractivity contribution < 1.29 is 14.7 Å². The van der Waals surface area contributed by atoms with E-state index in [1.807, 2.05) is 20.8 Å². The number of amides is 1. The summed E-state index contributed by atoms with van der Waals surface area (Å²) < 4.78 is 5.18. The van der Waals surface area contributed by atoms with Gasteiger partial charge in [0.2, 0.25) is 0 Å². The number of alkyl carbamates (subject to hydrolysis) is 1. The summed E-state index contributed by atoms with van der Waals surface area (Å²) >= 11 is 0. The highest BCUT2D eigenvalue weighted by molar-refractivity contribution is 5.68. The van der Waals surface area contributed by atoms with Crippen LogP contribution in [0.5, 0.6) is 0 Å². The van der Waals surface area contributed by atoms with E-state index in [0.717, 1.165) is 25.7 Å². The number of ether oxygens (including phenoxy) is 1. The van der Waals surface area contributed by atoms with Crippen LogP contribution in [0.15, 0.2) is 0 Å². The molecule has 2 atom stereocenters. The third-order valence-corrected chi connectivity index (χ3v) is 2.58. The quantitative estimate of drug-likeness (QED) is 0.633. The Balaban J connectivity index is 2.33. The highest BCUT2D eigenvalue weighted by Crippen LogP contribution is 2.18. The van der Waals surface area contributed by atoms with Crippen LogP contribution in [0.25, 0.3) is 0 Å². The predicted molar refractivity (Wildman–Crippen MR) is 60.3 cm³/mol. The maximum Gasteiger partial charge on any atom is 0.407 e. The van der Waals surface area contributed by atoms with Gasteiger partial charge >= 0.3 is 6.09 Å². The summed E-state index contributed by atoms with van der Waals surface area (Å²) in [5.74, 6) is 0. The van der Waals surface area contributed by atoms with Gasteiger partial charge in [-0.1, -0.05) is 0 Å². The van der Waals surface area contributed by atoms with Crippen LogP contribution < -0.4 is 10.8 Å². The van der Waals surface area contributed by atoms with Gasteiger partial charge in [-0.2, -0.15) is 0 Å². The zero-order chi connectivity index (χ0) is 12.2. The third kappa shape index (κ3) is 4.81. The summed E-state index contributed by atoms with van der Waals surface area (Å²) in [6.07, 6.45) is 3.26. The van der Waals surface area contributed by atoms with E-state index in [-0.39, 0.29) is 18.2 Å². The summed E-state index contributed by atoms with van der Waals surface area (Å²) in [5.41, 5.74) is 1.80. The van der Waals surface area contributed by atoms with Gasteiger partial charge in [0.25, 0.3) is 0 Å². The second-order valence-corrected chi connectivity index (χ2v) is 5.34. The molecule has 0 radical (unpaired) electrons. The summed E-state index contributed by atoms with van der Waals surface area (Å²) in [6, 6.07) is 0.168. The first-order chi connectivity index (χ1) is 7.40. The molecule has 2 unspecified atom stereocenters. The lowest BCUT2D eigenvalue weighted by atomic mass is 9.92. The van der Waals surface area contributed by atoms with E-state index in [9.17, 15) is 4.79 Å². The molecule has 3 N–H and O–H groups in total. The minimum Gasteiger partial charge on any atom is -0.444 e. The molecule has 0 aromatic heterocycles. The van der Waals surface area contributed by atoms with E-state index in [1.54, 1.807) is 0 Å². The van der Waals surface area contributed by atoms with Crippen molar-refractivity contribution >= 4 is 6.09 Å². The third-order valence-electron chi connectivity index (χ3n) is 2.58. The molecule has 16 heavy (non-hydrogen) atoms. The lowest BCUT2D eigenvalue weighted by molar-refractivity contribution is 0.0460. The van der Waals surface area contributed by atoms with Crippen molar-refractivity contribution in [2.45, 2.75) is 64.1 Å². The Hall–Kier alpha value is -0.810. The average Bonchev–Trinajstić information content (AvgIpc) is 2.15.